The van der Waals surface area contributed by atoms with Crippen LogP contribution in [0.5, 0.6) is 11.5 Å². The Morgan fingerprint density at radius 1 is 1.00 bits per heavy atom. The van der Waals surface area contributed by atoms with Gasteiger partial charge in [-0.3, -0.25) is 9.78 Å². The van der Waals surface area contributed by atoms with Gasteiger partial charge in [-0.1, -0.05) is 12.1 Å². The smallest absolute Gasteiger partial charge is 0.231 e. The zero-order valence-corrected chi connectivity index (χ0v) is 15.8. The minimum Gasteiger partial charge on any atom is -0.493 e. The second kappa shape index (κ2) is 8.99. The number of carbonyl (C=O) groups is 1. The van der Waals surface area contributed by atoms with Crippen LogP contribution in [0.2, 0.25) is 0 Å². The Morgan fingerprint density at radius 2 is 1.75 bits per heavy atom. The second-order valence-corrected chi connectivity index (χ2v) is 6.18. The Balaban J connectivity index is 1.86. The molecule has 0 aliphatic heterocycles. The third-order valence-electron chi connectivity index (χ3n) is 4.31. The van der Waals surface area contributed by atoms with E-state index in [2.05, 4.69) is 4.98 Å². The van der Waals surface area contributed by atoms with Gasteiger partial charge >= 0.3 is 0 Å². The predicted octanol–water partition coefficient (Wildman–Crippen LogP) is 4.01. The number of carbonyl (C=O) groups excluding carboxylic acids is 1. The first kappa shape index (κ1) is 19.4. The summed E-state index contributed by atoms with van der Waals surface area (Å²) in [5, 5.41) is 0. The van der Waals surface area contributed by atoms with Crippen molar-refractivity contribution >= 4 is 11.6 Å². The molecule has 28 heavy (non-hydrogen) atoms. The maximum atomic E-state index is 13.3. The van der Waals surface area contributed by atoms with Gasteiger partial charge in [-0.05, 0) is 53.6 Å². The molecule has 1 heterocycles. The molecule has 0 radical (unpaired) electrons. The van der Waals surface area contributed by atoms with E-state index in [-0.39, 0.29) is 18.1 Å². The van der Waals surface area contributed by atoms with Crippen LogP contribution in [0.4, 0.5) is 10.1 Å². The second-order valence-electron chi connectivity index (χ2n) is 6.18. The summed E-state index contributed by atoms with van der Waals surface area (Å²) >= 11 is 0. The highest BCUT2D eigenvalue weighted by atomic mass is 19.1. The number of methoxy groups -OCH3 is 2. The zero-order chi connectivity index (χ0) is 19.9. The van der Waals surface area contributed by atoms with Crippen LogP contribution in [0.1, 0.15) is 11.1 Å². The summed E-state index contributed by atoms with van der Waals surface area (Å²) in [6.45, 7) is 0.339. The number of anilines is 1. The van der Waals surface area contributed by atoms with Gasteiger partial charge in [0.1, 0.15) is 5.82 Å². The summed E-state index contributed by atoms with van der Waals surface area (Å²) in [5.41, 5.74) is 2.30. The molecule has 5 nitrogen and oxygen atoms in total. The summed E-state index contributed by atoms with van der Waals surface area (Å²) in [5.74, 6) is 0.693. The van der Waals surface area contributed by atoms with Gasteiger partial charge in [0.05, 0.1) is 27.2 Å². The van der Waals surface area contributed by atoms with Gasteiger partial charge in [0, 0.05) is 18.1 Å². The first-order valence-corrected chi connectivity index (χ1v) is 8.76. The molecule has 0 aliphatic carbocycles. The average molecular weight is 380 g/mol. The average Bonchev–Trinajstić information content (AvgIpc) is 2.73. The van der Waals surface area contributed by atoms with Crippen LogP contribution in [0.15, 0.2) is 67.0 Å². The number of amides is 1. The molecule has 1 amide bonds. The number of halogens is 1. The fraction of sp³-hybridized carbons (Fsp3) is 0.182. The summed E-state index contributed by atoms with van der Waals surface area (Å²) in [7, 11) is 3.11. The van der Waals surface area contributed by atoms with E-state index in [4.69, 9.17) is 9.47 Å². The lowest BCUT2D eigenvalue weighted by Gasteiger charge is -2.23. The number of ether oxygens (including phenoxy) is 2. The van der Waals surface area contributed by atoms with Crippen LogP contribution in [0.25, 0.3) is 0 Å². The molecule has 3 aromatic rings. The number of hydrogen-bond acceptors (Lipinski definition) is 4. The van der Waals surface area contributed by atoms with E-state index < -0.39 is 0 Å². The van der Waals surface area contributed by atoms with E-state index in [1.54, 1.807) is 55.8 Å². The highest BCUT2D eigenvalue weighted by molar-refractivity contribution is 5.94. The van der Waals surface area contributed by atoms with Gasteiger partial charge in [0.2, 0.25) is 5.91 Å². The van der Waals surface area contributed by atoms with Crippen molar-refractivity contribution in [1.29, 1.82) is 0 Å². The number of nitrogens with zero attached hydrogens (tertiary/aromatic N) is 2. The fourth-order valence-corrected chi connectivity index (χ4v) is 2.88. The third kappa shape index (κ3) is 4.65. The Bertz CT molecular complexity index is 930. The van der Waals surface area contributed by atoms with Gasteiger partial charge < -0.3 is 14.4 Å². The lowest BCUT2D eigenvalue weighted by molar-refractivity contribution is -0.118. The van der Waals surface area contributed by atoms with Crippen LogP contribution in [-0.2, 0) is 17.8 Å². The lowest BCUT2D eigenvalue weighted by atomic mass is 10.1. The Kier molecular flexibility index (Phi) is 6.22. The van der Waals surface area contributed by atoms with Crippen molar-refractivity contribution in [3.63, 3.8) is 0 Å². The standard InChI is InChI=1S/C22H21FN2O3/c1-27-20-10-5-16(12-21(20)28-2)13-22(26)25(15-17-4-3-11-24-14-17)19-8-6-18(23)7-9-19/h3-12,14H,13,15H2,1-2H3. The first-order chi connectivity index (χ1) is 13.6. The molecule has 0 spiro atoms. The molecule has 0 saturated heterocycles. The zero-order valence-electron chi connectivity index (χ0n) is 15.8. The highest BCUT2D eigenvalue weighted by Crippen LogP contribution is 2.28. The molecule has 0 atom stereocenters. The maximum Gasteiger partial charge on any atom is 0.231 e. The van der Waals surface area contributed by atoms with Gasteiger partial charge in [0.15, 0.2) is 11.5 Å². The number of benzene rings is 2. The van der Waals surface area contributed by atoms with Crippen molar-refractivity contribution < 1.29 is 18.7 Å². The van der Waals surface area contributed by atoms with Crippen LogP contribution >= 0.6 is 0 Å². The monoisotopic (exact) mass is 380 g/mol. The molecular formula is C22H21FN2O3. The molecule has 0 bridgehead atoms. The van der Waals surface area contributed by atoms with Gasteiger partial charge in [0.25, 0.3) is 0 Å². The third-order valence-corrected chi connectivity index (χ3v) is 4.31. The van der Waals surface area contributed by atoms with E-state index in [0.717, 1.165) is 11.1 Å². The Morgan fingerprint density at radius 3 is 2.39 bits per heavy atom. The number of aromatic nitrogens is 1. The summed E-state index contributed by atoms with van der Waals surface area (Å²) < 4.78 is 23.9. The van der Waals surface area contributed by atoms with E-state index >= 15 is 0 Å². The minimum absolute atomic E-state index is 0.123. The number of pyridine rings is 1. The van der Waals surface area contributed by atoms with Crippen LogP contribution in [-0.4, -0.2) is 25.1 Å². The maximum absolute atomic E-state index is 13.3. The van der Waals surface area contributed by atoms with Crippen molar-refractivity contribution in [2.75, 3.05) is 19.1 Å². The molecule has 3 rings (SSSR count). The van der Waals surface area contributed by atoms with Crippen molar-refractivity contribution in [2.24, 2.45) is 0 Å². The van der Waals surface area contributed by atoms with Crippen LogP contribution in [0.3, 0.4) is 0 Å². The fourth-order valence-electron chi connectivity index (χ4n) is 2.88. The van der Waals surface area contributed by atoms with E-state index in [1.165, 1.54) is 12.1 Å². The van der Waals surface area contributed by atoms with Crippen molar-refractivity contribution in [1.82, 2.24) is 4.98 Å². The van der Waals surface area contributed by atoms with Gasteiger partial charge in [-0.15, -0.1) is 0 Å². The molecule has 6 heteroatoms. The number of hydrogen-bond donors (Lipinski definition) is 0. The van der Waals surface area contributed by atoms with Crippen molar-refractivity contribution in [3.05, 3.63) is 83.9 Å². The van der Waals surface area contributed by atoms with Gasteiger partial charge in [-0.2, -0.15) is 0 Å². The molecule has 0 unspecified atom stereocenters. The van der Waals surface area contributed by atoms with Crippen molar-refractivity contribution in [2.45, 2.75) is 13.0 Å². The molecule has 1 aromatic heterocycles. The minimum atomic E-state index is -0.350. The lowest BCUT2D eigenvalue weighted by Crippen LogP contribution is -2.31. The number of rotatable bonds is 7. The quantitative estimate of drug-likeness (QED) is 0.621. The Labute approximate surface area is 163 Å². The molecule has 2 aromatic carbocycles. The highest BCUT2D eigenvalue weighted by Gasteiger charge is 2.18. The molecule has 0 N–H and O–H groups in total. The first-order valence-electron chi connectivity index (χ1n) is 8.76. The topological polar surface area (TPSA) is 51.7 Å². The van der Waals surface area contributed by atoms with Crippen LogP contribution in [0, 0.1) is 5.82 Å². The molecular weight excluding hydrogens is 359 g/mol. The van der Waals surface area contributed by atoms with E-state index in [9.17, 15) is 9.18 Å². The summed E-state index contributed by atoms with van der Waals surface area (Å²) in [6, 6.07) is 15.0. The summed E-state index contributed by atoms with van der Waals surface area (Å²) in [6.07, 6.45) is 3.55. The largest absolute Gasteiger partial charge is 0.493 e. The molecule has 0 fully saturated rings. The predicted molar refractivity (Wildman–Crippen MR) is 105 cm³/mol. The van der Waals surface area contributed by atoms with Crippen LogP contribution < -0.4 is 14.4 Å². The van der Waals surface area contributed by atoms with Gasteiger partial charge in [-0.25, -0.2) is 4.39 Å². The Hall–Kier alpha value is -3.41. The normalized spacial score (nSPS) is 10.4. The molecule has 0 saturated carbocycles. The SMILES string of the molecule is COc1ccc(CC(=O)N(Cc2cccnc2)c2ccc(F)cc2)cc1OC. The van der Waals surface area contributed by atoms with E-state index in [1.807, 2.05) is 18.2 Å². The molecule has 144 valence electrons. The molecule has 0 aliphatic rings. The summed E-state index contributed by atoms with van der Waals surface area (Å²) in [4.78, 5) is 18.8. The van der Waals surface area contributed by atoms with E-state index in [0.29, 0.717) is 23.7 Å². The van der Waals surface area contributed by atoms with Crippen molar-refractivity contribution in [3.8, 4) is 11.5 Å².